The van der Waals surface area contributed by atoms with Crippen molar-refractivity contribution in [3.63, 3.8) is 0 Å². The number of rotatable bonds is 34. The van der Waals surface area contributed by atoms with Crippen molar-refractivity contribution in [3.8, 4) is 0 Å². The maximum Gasteiger partial charge on any atom is 0.187 e. The van der Waals surface area contributed by atoms with Gasteiger partial charge in [-0.25, -0.2) is 0 Å². The molecule has 0 spiro atoms. The molecule has 0 bridgehead atoms. The second kappa shape index (κ2) is 32.8. The van der Waals surface area contributed by atoms with E-state index in [4.69, 9.17) is 37.9 Å². The largest absolute Gasteiger partial charge is 0.388 e. The molecule has 0 radical (unpaired) electrons. The summed E-state index contributed by atoms with van der Waals surface area (Å²) in [6.07, 6.45) is 8.54. The smallest absolute Gasteiger partial charge is 0.187 e. The summed E-state index contributed by atoms with van der Waals surface area (Å²) in [4.78, 5) is 0. The van der Waals surface area contributed by atoms with Gasteiger partial charge >= 0.3 is 0 Å². The van der Waals surface area contributed by atoms with Gasteiger partial charge in [0.25, 0.3) is 0 Å². The minimum Gasteiger partial charge on any atom is -0.388 e. The lowest BCUT2D eigenvalue weighted by Gasteiger charge is -2.46. The lowest BCUT2D eigenvalue weighted by atomic mass is 9.97. The van der Waals surface area contributed by atoms with Gasteiger partial charge in [0.1, 0.15) is 36.6 Å². The Bertz CT molecular complexity index is 2320. The summed E-state index contributed by atoms with van der Waals surface area (Å²) in [6.45, 7) is 4.13. The van der Waals surface area contributed by atoms with Gasteiger partial charge in [0, 0.05) is 0 Å². The van der Waals surface area contributed by atoms with Crippen molar-refractivity contribution in [2.75, 3.05) is 13.2 Å². The van der Waals surface area contributed by atoms with Crippen LogP contribution in [-0.4, -0.2) is 67.3 Å². The first-order valence-corrected chi connectivity index (χ1v) is 26.6. The van der Waals surface area contributed by atoms with Gasteiger partial charge in [0.15, 0.2) is 6.29 Å². The molecule has 1 saturated heterocycles. The summed E-state index contributed by atoms with van der Waals surface area (Å²) in [5, 5.41) is 12.5. The topological polar surface area (TPSA) is 94.1 Å². The summed E-state index contributed by atoms with van der Waals surface area (Å²) in [6, 6.07) is 60.4. The maximum atomic E-state index is 12.5. The van der Waals surface area contributed by atoms with Crippen LogP contribution in [0.2, 0.25) is 0 Å². The lowest BCUT2D eigenvalue weighted by molar-refractivity contribution is -0.332. The second-order valence-electron chi connectivity index (χ2n) is 18.9. The van der Waals surface area contributed by atoms with Crippen LogP contribution in [0.5, 0.6) is 0 Å². The molecule has 1 fully saturated rings. The molecule has 8 atom stereocenters. The number of unbranched alkanes of at least 4 members (excludes halogenated alkanes) is 7. The predicted molar refractivity (Wildman–Crippen MR) is 288 cm³/mol. The summed E-state index contributed by atoms with van der Waals surface area (Å²) in [7, 11) is 0. The predicted octanol–water partition coefficient (Wildman–Crippen LogP) is 13.3. The third-order valence-corrected chi connectivity index (χ3v) is 13.1. The average molecular weight is 991 g/mol. The summed E-state index contributed by atoms with van der Waals surface area (Å²) >= 11 is 0. The SMILES string of the molecule is CCCCCCCCC/C=C/C[C@@H](OCc1ccccc1)[C@@H](OCc1ccccc1)[C@H](O)CO[C@H]1O[C@H](COCc2ccccc2)[C@H](OCc2ccccc2)[C@H](OCc2ccccc2)[C@H]1OCc1ccccc1. The molecule has 73 heavy (non-hydrogen) atoms. The molecule has 6 aromatic rings. The summed E-state index contributed by atoms with van der Waals surface area (Å²) < 4.78 is 54.5. The van der Waals surface area contributed by atoms with E-state index >= 15 is 0 Å². The van der Waals surface area contributed by atoms with Gasteiger partial charge in [0.2, 0.25) is 0 Å². The average Bonchev–Trinajstić information content (AvgIpc) is 3.44. The first kappa shape index (κ1) is 55.5. The molecule has 9 nitrogen and oxygen atoms in total. The molecule has 0 amide bonds. The molecule has 0 saturated carbocycles. The lowest BCUT2D eigenvalue weighted by Crippen LogP contribution is -2.62. The number of allylic oxidation sites excluding steroid dienone is 1. The van der Waals surface area contributed by atoms with E-state index in [2.05, 4.69) is 31.2 Å². The third-order valence-electron chi connectivity index (χ3n) is 13.1. The van der Waals surface area contributed by atoms with Gasteiger partial charge in [-0.05, 0) is 52.6 Å². The normalized spacial score (nSPS) is 19.2. The van der Waals surface area contributed by atoms with E-state index in [1.165, 1.54) is 38.5 Å². The third kappa shape index (κ3) is 19.8. The number of hydrogen-bond acceptors (Lipinski definition) is 9. The zero-order chi connectivity index (χ0) is 50.4. The van der Waals surface area contributed by atoms with Crippen molar-refractivity contribution >= 4 is 0 Å². The molecule has 1 heterocycles. The van der Waals surface area contributed by atoms with Crippen LogP contribution in [0.15, 0.2) is 194 Å². The molecular weight excluding hydrogens is 913 g/mol. The van der Waals surface area contributed by atoms with Crippen LogP contribution < -0.4 is 0 Å². The van der Waals surface area contributed by atoms with Crippen LogP contribution in [0.25, 0.3) is 0 Å². The van der Waals surface area contributed by atoms with Crippen LogP contribution >= 0.6 is 0 Å². The van der Waals surface area contributed by atoms with E-state index in [0.29, 0.717) is 26.2 Å². The van der Waals surface area contributed by atoms with Gasteiger partial charge in [0.05, 0.1) is 59.0 Å². The highest BCUT2D eigenvalue weighted by molar-refractivity contribution is 5.18. The van der Waals surface area contributed by atoms with Gasteiger partial charge in [-0.15, -0.1) is 0 Å². The van der Waals surface area contributed by atoms with E-state index in [9.17, 15) is 5.11 Å². The highest BCUT2D eigenvalue weighted by atomic mass is 16.7. The van der Waals surface area contributed by atoms with E-state index in [-0.39, 0.29) is 33.0 Å². The fraction of sp³-hybridized carbons (Fsp3) is 0.406. The van der Waals surface area contributed by atoms with E-state index in [0.717, 1.165) is 46.2 Å². The Kier molecular flexibility index (Phi) is 24.9. The number of hydrogen-bond donors (Lipinski definition) is 1. The first-order chi connectivity index (χ1) is 36.1. The maximum absolute atomic E-state index is 12.5. The summed E-state index contributed by atoms with van der Waals surface area (Å²) in [5.41, 5.74) is 6.04. The van der Waals surface area contributed by atoms with E-state index < -0.39 is 49.0 Å². The quantitative estimate of drug-likeness (QED) is 0.0313. The Labute approximate surface area is 435 Å². The fourth-order valence-corrected chi connectivity index (χ4v) is 9.04. The number of ether oxygens (including phenoxy) is 8. The number of aliphatic hydroxyl groups excluding tert-OH is 1. The van der Waals surface area contributed by atoms with Crippen molar-refractivity contribution in [2.45, 2.75) is 153 Å². The van der Waals surface area contributed by atoms with Gasteiger partial charge in [-0.3, -0.25) is 0 Å². The number of benzene rings is 6. The molecule has 1 aliphatic heterocycles. The van der Waals surface area contributed by atoms with Crippen molar-refractivity contribution in [3.05, 3.63) is 228 Å². The van der Waals surface area contributed by atoms with Crippen molar-refractivity contribution in [1.82, 2.24) is 0 Å². The zero-order valence-corrected chi connectivity index (χ0v) is 42.8. The van der Waals surface area contributed by atoms with Gasteiger partial charge in [-0.1, -0.05) is 240 Å². The Morgan fingerprint density at radius 3 is 1.38 bits per heavy atom. The zero-order valence-electron chi connectivity index (χ0n) is 42.8. The Hall–Kier alpha value is -5.30. The van der Waals surface area contributed by atoms with Crippen LogP contribution in [-0.2, 0) is 77.5 Å². The fourth-order valence-electron chi connectivity index (χ4n) is 9.04. The molecule has 1 aliphatic rings. The Morgan fingerprint density at radius 2 is 0.877 bits per heavy atom. The minimum absolute atomic E-state index is 0.152. The molecule has 0 aliphatic carbocycles. The Morgan fingerprint density at radius 1 is 0.452 bits per heavy atom. The van der Waals surface area contributed by atoms with Crippen LogP contribution in [0, 0.1) is 0 Å². The van der Waals surface area contributed by atoms with Crippen molar-refractivity contribution in [1.29, 1.82) is 0 Å². The monoisotopic (exact) mass is 991 g/mol. The highest BCUT2D eigenvalue weighted by Crippen LogP contribution is 2.32. The highest BCUT2D eigenvalue weighted by Gasteiger charge is 2.49. The van der Waals surface area contributed by atoms with E-state index in [1.54, 1.807) is 0 Å². The second-order valence-corrected chi connectivity index (χ2v) is 18.9. The minimum atomic E-state index is -1.14. The first-order valence-electron chi connectivity index (χ1n) is 26.6. The van der Waals surface area contributed by atoms with Crippen LogP contribution in [0.4, 0.5) is 0 Å². The molecule has 9 heteroatoms. The molecular formula is C64H78O9. The van der Waals surface area contributed by atoms with Crippen molar-refractivity contribution in [2.24, 2.45) is 0 Å². The molecule has 388 valence electrons. The molecule has 0 unspecified atom stereocenters. The number of aliphatic hydroxyl groups is 1. The molecule has 1 N–H and O–H groups in total. The Balaban J connectivity index is 1.16. The summed E-state index contributed by atoms with van der Waals surface area (Å²) in [5.74, 6) is 0. The standard InChI is InChI=1S/C64H78O9/c1-2-3-4-5-6-7-8-9-10-29-42-58(67-44-52-32-19-12-20-33-52)60(68-45-53-34-21-13-22-35-53)57(65)49-72-64-63(71-48-56-40-27-16-28-41-56)62(70-47-55-38-25-15-26-39-55)61(69-46-54-36-23-14-24-37-54)59(73-64)50-66-43-51-30-17-11-18-31-51/h10-41,57-65H,2-9,42-50H2,1H3/b29-10+/t57-,58-,59-,60+,61+,62+,63-,64+/m1/s1. The molecule has 7 rings (SSSR count). The van der Waals surface area contributed by atoms with Gasteiger partial charge < -0.3 is 43.0 Å². The van der Waals surface area contributed by atoms with Crippen LogP contribution in [0.1, 0.15) is 98.1 Å². The van der Waals surface area contributed by atoms with Crippen LogP contribution in [0.3, 0.4) is 0 Å². The van der Waals surface area contributed by atoms with Gasteiger partial charge in [-0.2, -0.15) is 0 Å². The van der Waals surface area contributed by atoms with E-state index in [1.807, 2.05) is 170 Å². The molecule has 0 aromatic heterocycles. The van der Waals surface area contributed by atoms with Crippen molar-refractivity contribution < 1.29 is 43.0 Å². The molecule has 6 aromatic carbocycles.